The van der Waals surface area contributed by atoms with Gasteiger partial charge in [-0.25, -0.2) is 0 Å². The van der Waals surface area contributed by atoms with Gasteiger partial charge in [0, 0.05) is 5.56 Å². The van der Waals surface area contributed by atoms with Crippen LogP contribution < -0.4 is 0 Å². The minimum absolute atomic E-state index is 0.729. The lowest BCUT2D eigenvalue weighted by Gasteiger charge is -1.98. The first kappa shape index (κ1) is 13.9. The van der Waals surface area contributed by atoms with Crippen molar-refractivity contribution < 1.29 is 4.79 Å². The van der Waals surface area contributed by atoms with E-state index in [4.69, 9.17) is 0 Å². The van der Waals surface area contributed by atoms with Gasteiger partial charge in [0.1, 0.15) is 6.29 Å². The van der Waals surface area contributed by atoms with Crippen LogP contribution in [0.25, 0.3) is 5.57 Å². The summed E-state index contributed by atoms with van der Waals surface area (Å²) in [5, 5.41) is 0. The molecule has 0 saturated carbocycles. The third-order valence-electron chi connectivity index (χ3n) is 2.48. The molecule has 0 bridgehead atoms. The van der Waals surface area contributed by atoms with Crippen LogP contribution in [0.2, 0.25) is 0 Å². The number of hydrogen-bond acceptors (Lipinski definition) is 1. The van der Waals surface area contributed by atoms with Crippen molar-refractivity contribution in [2.24, 2.45) is 0 Å². The monoisotopic (exact) mass is 238 g/mol. The number of benzene rings is 2. The van der Waals surface area contributed by atoms with E-state index in [1.54, 1.807) is 12.1 Å². The van der Waals surface area contributed by atoms with Gasteiger partial charge >= 0.3 is 0 Å². The van der Waals surface area contributed by atoms with E-state index in [0.717, 1.165) is 17.4 Å². The Balaban J connectivity index is 0.000000184. The van der Waals surface area contributed by atoms with Crippen molar-refractivity contribution in [3.63, 3.8) is 0 Å². The van der Waals surface area contributed by atoms with Gasteiger partial charge in [-0.15, -0.1) is 0 Å². The first-order valence-electron chi connectivity index (χ1n) is 5.86. The zero-order valence-electron chi connectivity index (χ0n) is 10.9. The molecule has 0 aliphatic carbocycles. The van der Waals surface area contributed by atoms with E-state index in [1.165, 1.54) is 11.1 Å². The van der Waals surface area contributed by atoms with Gasteiger partial charge in [0.15, 0.2) is 0 Å². The van der Waals surface area contributed by atoms with Crippen molar-refractivity contribution >= 4 is 11.9 Å². The van der Waals surface area contributed by atoms with E-state index in [0.29, 0.717) is 0 Å². The molecule has 0 unspecified atom stereocenters. The first-order chi connectivity index (χ1) is 8.63. The number of carbonyl (C=O) groups excluding carboxylic acids is 1. The van der Waals surface area contributed by atoms with Gasteiger partial charge in [0.2, 0.25) is 0 Å². The predicted octanol–water partition coefficient (Wildman–Crippen LogP) is 4.53. The smallest absolute Gasteiger partial charge is 0.150 e. The summed E-state index contributed by atoms with van der Waals surface area (Å²) in [7, 11) is 0. The standard InChI is InChI=1S/C10H12.C7H6O/c1-8(2)10-6-4-9(3)5-7-10;8-6-7-4-2-1-3-5-7/h4-7H,1H2,2-3H3;1-6H. The second kappa shape index (κ2) is 7.23. The van der Waals surface area contributed by atoms with Gasteiger partial charge in [-0.1, -0.05) is 72.3 Å². The van der Waals surface area contributed by atoms with Crippen LogP contribution in [0.3, 0.4) is 0 Å². The molecule has 0 aliphatic heterocycles. The number of hydrogen-bond donors (Lipinski definition) is 0. The van der Waals surface area contributed by atoms with E-state index >= 15 is 0 Å². The fourth-order valence-electron chi connectivity index (χ4n) is 1.37. The zero-order valence-corrected chi connectivity index (χ0v) is 10.9. The lowest BCUT2D eigenvalue weighted by Crippen LogP contribution is -1.76. The second-order valence-electron chi connectivity index (χ2n) is 4.17. The Morgan fingerprint density at radius 1 is 1.00 bits per heavy atom. The van der Waals surface area contributed by atoms with Crippen LogP contribution in [0, 0.1) is 6.92 Å². The highest BCUT2D eigenvalue weighted by Crippen LogP contribution is 2.11. The van der Waals surface area contributed by atoms with Gasteiger partial charge in [0.25, 0.3) is 0 Å². The van der Waals surface area contributed by atoms with E-state index in [9.17, 15) is 4.79 Å². The Kier molecular flexibility index (Phi) is 5.59. The van der Waals surface area contributed by atoms with Crippen molar-refractivity contribution in [2.75, 3.05) is 0 Å². The van der Waals surface area contributed by atoms with Gasteiger partial charge in [0.05, 0.1) is 0 Å². The SMILES string of the molecule is C=C(C)c1ccc(C)cc1.O=Cc1ccccc1. The Bertz CT molecular complexity index is 495. The Morgan fingerprint density at radius 3 is 1.94 bits per heavy atom. The molecule has 92 valence electrons. The van der Waals surface area contributed by atoms with E-state index in [1.807, 2.05) is 25.1 Å². The van der Waals surface area contributed by atoms with Crippen molar-refractivity contribution in [3.05, 3.63) is 77.9 Å². The first-order valence-corrected chi connectivity index (χ1v) is 5.86. The number of carbonyl (C=O) groups is 1. The molecule has 0 N–H and O–H groups in total. The van der Waals surface area contributed by atoms with Gasteiger partial charge in [-0.3, -0.25) is 4.79 Å². The summed E-state index contributed by atoms with van der Waals surface area (Å²) < 4.78 is 0. The Labute approximate surface area is 109 Å². The molecule has 0 radical (unpaired) electrons. The minimum Gasteiger partial charge on any atom is -0.298 e. The van der Waals surface area contributed by atoms with Crippen LogP contribution in [0.4, 0.5) is 0 Å². The van der Waals surface area contributed by atoms with Gasteiger partial charge in [-0.05, 0) is 19.4 Å². The molecule has 2 aromatic rings. The molecule has 0 atom stereocenters. The molecule has 0 aliphatic rings. The van der Waals surface area contributed by atoms with Crippen LogP contribution in [-0.2, 0) is 0 Å². The summed E-state index contributed by atoms with van der Waals surface area (Å²) in [4.78, 5) is 10.0. The van der Waals surface area contributed by atoms with Crippen molar-refractivity contribution in [2.45, 2.75) is 13.8 Å². The third-order valence-corrected chi connectivity index (χ3v) is 2.48. The number of rotatable bonds is 2. The van der Waals surface area contributed by atoms with Crippen molar-refractivity contribution in [1.82, 2.24) is 0 Å². The summed E-state index contributed by atoms with van der Waals surface area (Å²) >= 11 is 0. The van der Waals surface area contributed by atoms with E-state index in [2.05, 4.69) is 37.8 Å². The topological polar surface area (TPSA) is 17.1 Å². The predicted molar refractivity (Wildman–Crippen MR) is 77.7 cm³/mol. The maximum Gasteiger partial charge on any atom is 0.150 e. The molecule has 0 saturated heterocycles. The van der Waals surface area contributed by atoms with Crippen LogP contribution >= 0.6 is 0 Å². The average molecular weight is 238 g/mol. The number of aryl methyl sites for hydroxylation is 1. The van der Waals surface area contributed by atoms with Crippen molar-refractivity contribution in [3.8, 4) is 0 Å². The average Bonchev–Trinajstić information content (AvgIpc) is 2.41. The van der Waals surface area contributed by atoms with Crippen LogP contribution in [0.5, 0.6) is 0 Å². The lowest BCUT2D eigenvalue weighted by atomic mass is 10.1. The van der Waals surface area contributed by atoms with Gasteiger partial charge < -0.3 is 0 Å². The van der Waals surface area contributed by atoms with E-state index in [-0.39, 0.29) is 0 Å². The summed E-state index contributed by atoms with van der Waals surface area (Å²) in [6.45, 7) is 7.96. The van der Waals surface area contributed by atoms with Crippen LogP contribution in [0.1, 0.15) is 28.4 Å². The Hall–Kier alpha value is -2.15. The molecule has 0 fully saturated rings. The van der Waals surface area contributed by atoms with Gasteiger partial charge in [-0.2, -0.15) is 0 Å². The minimum atomic E-state index is 0.729. The molecule has 18 heavy (non-hydrogen) atoms. The zero-order chi connectivity index (χ0) is 13.4. The highest BCUT2D eigenvalue weighted by Gasteiger charge is 1.89. The second-order valence-corrected chi connectivity index (χ2v) is 4.17. The number of allylic oxidation sites excluding steroid dienone is 1. The van der Waals surface area contributed by atoms with Crippen LogP contribution in [-0.4, -0.2) is 6.29 Å². The summed E-state index contributed by atoms with van der Waals surface area (Å²) in [5.41, 5.74) is 4.38. The Morgan fingerprint density at radius 2 is 1.56 bits per heavy atom. The largest absolute Gasteiger partial charge is 0.298 e. The number of aldehydes is 1. The molecule has 1 heteroatoms. The molecular weight excluding hydrogens is 220 g/mol. The highest BCUT2D eigenvalue weighted by atomic mass is 16.1. The molecular formula is C17H18O. The van der Waals surface area contributed by atoms with Crippen LogP contribution in [0.15, 0.2) is 61.2 Å². The molecule has 0 amide bonds. The van der Waals surface area contributed by atoms with Crippen molar-refractivity contribution in [1.29, 1.82) is 0 Å². The molecule has 1 nitrogen and oxygen atoms in total. The molecule has 2 aromatic carbocycles. The fraction of sp³-hybridized carbons (Fsp3) is 0.118. The molecule has 2 rings (SSSR count). The molecule has 0 heterocycles. The maximum atomic E-state index is 10.0. The molecule has 0 aromatic heterocycles. The summed E-state index contributed by atoms with van der Waals surface area (Å²) in [5.74, 6) is 0. The summed E-state index contributed by atoms with van der Waals surface area (Å²) in [6, 6.07) is 17.5. The third kappa shape index (κ3) is 4.79. The molecule has 0 spiro atoms. The lowest BCUT2D eigenvalue weighted by molar-refractivity contribution is 0.112. The van der Waals surface area contributed by atoms with E-state index < -0.39 is 0 Å². The quantitative estimate of drug-likeness (QED) is 0.703. The summed E-state index contributed by atoms with van der Waals surface area (Å²) in [6.07, 6.45) is 0.833. The normalized spacial score (nSPS) is 9.00. The maximum absolute atomic E-state index is 10.0. The fourth-order valence-corrected chi connectivity index (χ4v) is 1.37. The highest BCUT2D eigenvalue weighted by molar-refractivity contribution is 5.74.